The van der Waals surface area contributed by atoms with E-state index >= 15 is 0 Å². The lowest BCUT2D eigenvalue weighted by atomic mass is 9.80. The largest absolute Gasteiger partial charge is 0.496 e. The molecule has 1 aliphatic carbocycles. The fourth-order valence-electron chi connectivity index (χ4n) is 4.70. The summed E-state index contributed by atoms with van der Waals surface area (Å²) in [5, 5.41) is 0. The van der Waals surface area contributed by atoms with Gasteiger partial charge >= 0.3 is 0 Å². The van der Waals surface area contributed by atoms with Gasteiger partial charge in [0, 0.05) is 6.54 Å². The summed E-state index contributed by atoms with van der Waals surface area (Å²) in [6.07, 6.45) is 9.28. The van der Waals surface area contributed by atoms with Crippen LogP contribution in [0.25, 0.3) is 0 Å². The Labute approximate surface area is 142 Å². The summed E-state index contributed by atoms with van der Waals surface area (Å²) in [6.45, 7) is 8.70. The van der Waals surface area contributed by atoms with Crippen molar-refractivity contribution in [2.75, 3.05) is 26.7 Å². The number of likely N-dealkylation sites (tertiary alicyclic amines) is 1. The molecule has 23 heavy (non-hydrogen) atoms. The third-order valence-electron chi connectivity index (χ3n) is 5.81. The highest BCUT2D eigenvalue weighted by atomic mass is 16.5. The van der Waals surface area contributed by atoms with E-state index in [0.717, 1.165) is 11.7 Å². The van der Waals surface area contributed by atoms with E-state index in [4.69, 9.17) is 4.74 Å². The quantitative estimate of drug-likeness (QED) is 0.756. The number of benzene rings is 1. The predicted molar refractivity (Wildman–Crippen MR) is 97.4 cm³/mol. The van der Waals surface area contributed by atoms with Crippen LogP contribution in [-0.4, -0.2) is 31.6 Å². The zero-order valence-corrected chi connectivity index (χ0v) is 15.2. The molecule has 1 saturated heterocycles. The number of methoxy groups -OCH3 is 1. The van der Waals surface area contributed by atoms with Gasteiger partial charge in [0.25, 0.3) is 0 Å². The maximum Gasteiger partial charge on any atom is 0.122 e. The Kier molecular flexibility index (Phi) is 5.31. The van der Waals surface area contributed by atoms with Crippen molar-refractivity contribution in [2.24, 2.45) is 5.41 Å². The maximum absolute atomic E-state index is 5.58. The van der Waals surface area contributed by atoms with Crippen molar-refractivity contribution in [3.05, 3.63) is 29.3 Å². The molecule has 128 valence electrons. The summed E-state index contributed by atoms with van der Waals surface area (Å²) >= 11 is 0. The normalized spacial score (nSPS) is 24.2. The summed E-state index contributed by atoms with van der Waals surface area (Å²) in [6, 6.07) is 6.63. The van der Waals surface area contributed by atoms with Crippen LogP contribution < -0.4 is 4.74 Å². The van der Waals surface area contributed by atoms with Gasteiger partial charge in [0.2, 0.25) is 0 Å². The zero-order valence-electron chi connectivity index (χ0n) is 15.2. The predicted octanol–water partition coefficient (Wildman–Crippen LogP) is 5.02. The Bertz CT molecular complexity index is 523. The van der Waals surface area contributed by atoms with Crippen molar-refractivity contribution < 1.29 is 4.74 Å². The maximum atomic E-state index is 5.58. The van der Waals surface area contributed by atoms with Crippen molar-refractivity contribution >= 4 is 0 Å². The van der Waals surface area contributed by atoms with Crippen LogP contribution in [-0.2, 0) is 6.42 Å². The molecule has 1 aliphatic heterocycles. The van der Waals surface area contributed by atoms with Crippen LogP contribution in [0.3, 0.4) is 0 Å². The van der Waals surface area contributed by atoms with E-state index in [9.17, 15) is 0 Å². The highest BCUT2D eigenvalue weighted by Gasteiger charge is 2.27. The number of nitrogens with zero attached hydrogens (tertiary/aromatic N) is 1. The number of fused-ring (bicyclic) bond motifs is 1. The first-order valence-electron chi connectivity index (χ1n) is 9.47. The van der Waals surface area contributed by atoms with Gasteiger partial charge in [0.15, 0.2) is 0 Å². The molecule has 0 spiro atoms. The molecule has 1 aromatic rings. The summed E-state index contributed by atoms with van der Waals surface area (Å²) in [7, 11) is 1.80. The SMILES string of the molecule is COc1cccc2c1CCC[C@@H]2CCCN1CCCC(C)(C)C1. The lowest BCUT2D eigenvalue weighted by Crippen LogP contribution is -2.40. The Morgan fingerprint density at radius 3 is 2.91 bits per heavy atom. The minimum absolute atomic E-state index is 0.517. The second kappa shape index (κ2) is 7.25. The van der Waals surface area contributed by atoms with Gasteiger partial charge < -0.3 is 9.64 Å². The third-order valence-corrected chi connectivity index (χ3v) is 5.81. The van der Waals surface area contributed by atoms with Crippen LogP contribution in [0.4, 0.5) is 0 Å². The average Bonchev–Trinajstić information content (AvgIpc) is 2.53. The molecule has 0 N–H and O–H groups in total. The van der Waals surface area contributed by atoms with Crippen molar-refractivity contribution in [1.82, 2.24) is 4.90 Å². The van der Waals surface area contributed by atoms with E-state index in [1.807, 2.05) is 0 Å². The van der Waals surface area contributed by atoms with E-state index in [0.29, 0.717) is 5.41 Å². The molecule has 0 amide bonds. The molecule has 0 bridgehead atoms. The third kappa shape index (κ3) is 4.09. The number of hydrogen-bond acceptors (Lipinski definition) is 2. The molecule has 0 aromatic heterocycles. The van der Waals surface area contributed by atoms with Crippen molar-refractivity contribution in [3.8, 4) is 5.75 Å². The molecule has 1 aromatic carbocycles. The molecule has 1 fully saturated rings. The number of hydrogen-bond donors (Lipinski definition) is 0. The second-order valence-corrected chi connectivity index (χ2v) is 8.30. The molecule has 2 heteroatoms. The Hall–Kier alpha value is -1.02. The summed E-state index contributed by atoms with van der Waals surface area (Å²) in [5.41, 5.74) is 3.56. The first kappa shape index (κ1) is 16.8. The van der Waals surface area contributed by atoms with Gasteiger partial charge in [-0.05, 0) is 86.6 Å². The first-order chi connectivity index (χ1) is 11.1. The van der Waals surface area contributed by atoms with Gasteiger partial charge in [-0.15, -0.1) is 0 Å². The van der Waals surface area contributed by atoms with Crippen molar-refractivity contribution in [3.63, 3.8) is 0 Å². The lowest BCUT2D eigenvalue weighted by molar-refractivity contribution is 0.115. The molecule has 2 nitrogen and oxygen atoms in total. The molecule has 1 heterocycles. The standard InChI is InChI=1S/C21H33NO/c1-21(2)13-7-15-22(16-21)14-6-9-17-8-4-11-19-18(17)10-5-12-20(19)23-3/h5,10,12,17H,4,6-9,11,13-16H2,1-3H3/t17-/m1/s1. The van der Waals surface area contributed by atoms with E-state index in [2.05, 4.69) is 36.9 Å². The fourth-order valence-corrected chi connectivity index (χ4v) is 4.70. The minimum Gasteiger partial charge on any atom is -0.496 e. The van der Waals surface area contributed by atoms with Crippen LogP contribution in [0, 0.1) is 5.41 Å². The molecular formula is C21H33NO. The summed E-state index contributed by atoms with van der Waals surface area (Å²) in [4.78, 5) is 2.69. The van der Waals surface area contributed by atoms with Gasteiger partial charge in [0.05, 0.1) is 7.11 Å². The van der Waals surface area contributed by atoms with E-state index in [1.54, 1.807) is 12.7 Å². The Morgan fingerprint density at radius 2 is 2.13 bits per heavy atom. The topological polar surface area (TPSA) is 12.5 Å². The van der Waals surface area contributed by atoms with Gasteiger partial charge in [0.1, 0.15) is 5.75 Å². The monoisotopic (exact) mass is 315 g/mol. The molecule has 0 radical (unpaired) electrons. The highest BCUT2D eigenvalue weighted by Crippen LogP contribution is 2.39. The van der Waals surface area contributed by atoms with Gasteiger partial charge in [-0.3, -0.25) is 0 Å². The van der Waals surface area contributed by atoms with Crippen LogP contribution in [0.15, 0.2) is 18.2 Å². The van der Waals surface area contributed by atoms with Crippen molar-refractivity contribution in [1.29, 1.82) is 0 Å². The van der Waals surface area contributed by atoms with Crippen LogP contribution in [0.5, 0.6) is 5.75 Å². The smallest absolute Gasteiger partial charge is 0.122 e. The van der Waals surface area contributed by atoms with E-state index < -0.39 is 0 Å². The summed E-state index contributed by atoms with van der Waals surface area (Å²) in [5.74, 6) is 1.84. The van der Waals surface area contributed by atoms with Gasteiger partial charge in [-0.25, -0.2) is 0 Å². The molecule has 0 unspecified atom stereocenters. The lowest BCUT2D eigenvalue weighted by Gasteiger charge is -2.38. The fraction of sp³-hybridized carbons (Fsp3) is 0.714. The van der Waals surface area contributed by atoms with Gasteiger partial charge in [-0.1, -0.05) is 26.0 Å². The molecule has 0 saturated carbocycles. The zero-order chi connectivity index (χ0) is 16.3. The molecule has 1 atom stereocenters. The van der Waals surface area contributed by atoms with Crippen LogP contribution in [0.2, 0.25) is 0 Å². The van der Waals surface area contributed by atoms with Gasteiger partial charge in [-0.2, -0.15) is 0 Å². The van der Waals surface area contributed by atoms with E-state index in [1.165, 1.54) is 70.1 Å². The van der Waals surface area contributed by atoms with Crippen LogP contribution >= 0.6 is 0 Å². The summed E-state index contributed by atoms with van der Waals surface area (Å²) < 4.78 is 5.58. The number of ether oxygens (including phenoxy) is 1. The van der Waals surface area contributed by atoms with E-state index in [-0.39, 0.29) is 0 Å². The van der Waals surface area contributed by atoms with Crippen LogP contribution in [0.1, 0.15) is 69.4 Å². The molecular weight excluding hydrogens is 282 g/mol. The molecule has 2 aliphatic rings. The average molecular weight is 316 g/mol. The Morgan fingerprint density at radius 1 is 1.26 bits per heavy atom. The number of piperidine rings is 1. The number of rotatable bonds is 5. The highest BCUT2D eigenvalue weighted by molar-refractivity contribution is 5.43. The second-order valence-electron chi connectivity index (χ2n) is 8.30. The van der Waals surface area contributed by atoms with Crippen molar-refractivity contribution in [2.45, 2.75) is 64.7 Å². The Balaban J connectivity index is 1.56. The molecule has 3 rings (SSSR count). The first-order valence-corrected chi connectivity index (χ1v) is 9.47. The minimum atomic E-state index is 0.517.